The van der Waals surface area contributed by atoms with Crippen molar-refractivity contribution in [1.82, 2.24) is 9.97 Å². The van der Waals surface area contributed by atoms with Gasteiger partial charge in [0.1, 0.15) is 0 Å². The summed E-state index contributed by atoms with van der Waals surface area (Å²) < 4.78 is 0. The number of hydrogen-bond acceptors (Lipinski definition) is 5. The molecule has 0 aliphatic rings. The van der Waals surface area contributed by atoms with Gasteiger partial charge in [-0.25, -0.2) is 9.97 Å². The third kappa shape index (κ3) is 2.44. The summed E-state index contributed by atoms with van der Waals surface area (Å²) in [5.74, 6) is -0.904. The zero-order chi connectivity index (χ0) is 10.6. The lowest BCUT2D eigenvalue weighted by Gasteiger charge is -1.98. The Bertz CT molecular complexity index is 372. The van der Waals surface area contributed by atoms with Crippen molar-refractivity contribution >= 4 is 23.9 Å². The average Bonchev–Trinajstić information content (AvgIpc) is 2.17. The Labute approximate surface area is 79.4 Å². The monoisotopic (exact) mass is 193 g/mol. The topological polar surface area (TPSA) is 89.0 Å². The van der Waals surface area contributed by atoms with Crippen molar-refractivity contribution in [3.63, 3.8) is 0 Å². The fourth-order valence-corrected chi connectivity index (χ4v) is 0.745. The highest BCUT2D eigenvalue weighted by atomic mass is 16.2. The number of aldehydes is 1. The first-order chi connectivity index (χ1) is 6.63. The van der Waals surface area contributed by atoms with Crippen LogP contribution in [0.2, 0.25) is 0 Å². The molecule has 0 aliphatic carbocycles. The van der Waals surface area contributed by atoms with E-state index in [2.05, 4.69) is 15.3 Å². The highest BCUT2D eigenvalue weighted by molar-refractivity contribution is 6.33. The predicted octanol–water partition coefficient (Wildman–Crippen LogP) is -0.183. The van der Waals surface area contributed by atoms with E-state index in [-0.39, 0.29) is 23.7 Å². The van der Waals surface area contributed by atoms with Gasteiger partial charge in [-0.05, 0) is 0 Å². The molecule has 1 heterocycles. The number of ketones is 1. The molecule has 0 atom stereocenters. The van der Waals surface area contributed by atoms with Crippen molar-refractivity contribution in [2.24, 2.45) is 0 Å². The molecule has 1 aromatic rings. The fourth-order valence-electron chi connectivity index (χ4n) is 0.745. The van der Waals surface area contributed by atoms with Crippen molar-refractivity contribution in [2.45, 2.75) is 6.92 Å². The smallest absolute Gasteiger partial charge is 0.229 e. The number of amides is 1. The Kier molecular flexibility index (Phi) is 3.01. The summed E-state index contributed by atoms with van der Waals surface area (Å²) >= 11 is 0. The molecule has 72 valence electrons. The summed E-state index contributed by atoms with van der Waals surface area (Å²) in [5.41, 5.74) is 0.0918. The van der Waals surface area contributed by atoms with E-state index in [9.17, 15) is 14.4 Å². The Hall–Kier alpha value is -2.11. The lowest BCUT2D eigenvalue weighted by molar-refractivity contribution is -0.114. The molecule has 0 saturated carbocycles. The van der Waals surface area contributed by atoms with Crippen LogP contribution >= 0.6 is 0 Å². The van der Waals surface area contributed by atoms with Crippen LogP contribution in [-0.4, -0.2) is 27.9 Å². The number of aromatic nitrogens is 2. The normalized spacial score (nSPS) is 9.21. The maximum atomic E-state index is 10.8. The van der Waals surface area contributed by atoms with Gasteiger partial charge in [-0.15, -0.1) is 0 Å². The predicted molar refractivity (Wildman–Crippen MR) is 46.7 cm³/mol. The van der Waals surface area contributed by atoms with Gasteiger partial charge in [0.15, 0.2) is 6.29 Å². The van der Waals surface area contributed by atoms with Gasteiger partial charge in [0.2, 0.25) is 17.6 Å². The van der Waals surface area contributed by atoms with Gasteiger partial charge in [0.25, 0.3) is 0 Å². The SMILES string of the molecule is CC(=O)Nc1ncc(C(=O)C=O)cn1. The third-order valence-electron chi connectivity index (χ3n) is 1.33. The molecule has 0 saturated heterocycles. The third-order valence-corrected chi connectivity index (χ3v) is 1.33. The van der Waals surface area contributed by atoms with Crippen LogP contribution in [0, 0.1) is 0 Å². The molecular weight excluding hydrogens is 186 g/mol. The Balaban J connectivity index is 2.83. The van der Waals surface area contributed by atoms with Crippen molar-refractivity contribution in [2.75, 3.05) is 5.32 Å². The minimum Gasteiger partial charge on any atom is -0.295 e. The van der Waals surface area contributed by atoms with Crippen molar-refractivity contribution < 1.29 is 14.4 Å². The van der Waals surface area contributed by atoms with Crippen LogP contribution in [0.3, 0.4) is 0 Å². The number of rotatable bonds is 3. The summed E-state index contributed by atoms with van der Waals surface area (Å²) in [6, 6.07) is 0. The first-order valence-electron chi connectivity index (χ1n) is 3.72. The number of carbonyl (C=O) groups is 3. The molecule has 0 bridgehead atoms. The Morgan fingerprint density at radius 2 is 1.93 bits per heavy atom. The molecule has 6 nitrogen and oxygen atoms in total. The summed E-state index contributed by atoms with van der Waals surface area (Å²) in [4.78, 5) is 38.8. The largest absolute Gasteiger partial charge is 0.295 e. The van der Waals surface area contributed by atoms with Gasteiger partial charge in [0, 0.05) is 19.3 Å². The van der Waals surface area contributed by atoms with Crippen LogP contribution < -0.4 is 5.32 Å². The maximum Gasteiger partial charge on any atom is 0.229 e. The van der Waals surface area contributed by atoms with E-state index in [1.54, 1.807) is 0 Å². The summed E-state index contributed by atoms with van der Waals surface area (Å²) in [6.07, 6.45) is 2.53. The second-order valence-corrected chi connectivity index (χ2v) is 2.46. The second-order valence-electron chi connectivity index (χ2n) is 2.46. The number of anilines is 1. The van der Waals surface area contributed by atoms with Gasteiger partial charge in [0.05, 0.1) is 5.56 Å². The maximum absolute atomic E-state index is 10.8. The van der Waals surface area contributed by atoms with Crippen LogP contribution in [-0.2, 0) is 9.59 Å². The standard InChI is InChI=1S/C8H7N3O3/c1-5(13)11-8-9-2-6(3-10-8)7(14)4-12/h2-4H,1H3,(H,9,10,11,13). The van der Waals surface area contributed by atoms with Crippen LogP contribution in [0.25, 0.3) is 0 Å². The molecule has 1 aromatic heterocycles. The highest BCUT2D eigenvalue weighted by Gasteiger charge is 2.05. The lowest BCUT2D eigenvalue weighted by atomic mass is 10.2. The Morgan fingerprint density at radius 1 is 1.36 bits per heavy atom. The minimum absolute atomic E-state index is 0.0918. The first kappa shape index (κ1) is 9.97. The van der Waals surface area contributed by atoms with E-state index in [0.717, 1.165) is 0 Å². The number of nitrogens with zero attached hydrogens (tertiary/aromatic N) is 2. The number of nitrogens with one attached hydrogen (secondary N) is 1. The van der Waals surface area contributed by atoms with E-state index in [0.29, 0.717) is 0 Å². The van der Waals surface area contributed by atoms with Crippen LogP contribution in [0.5, 0.6) is 0 Å². The number of carbonyl (C=O) groups excluding carboxylic acids is 3. The van der Waals surface area contributed by atoms with E-state index >= 15 is 0 Å². The molecule has 0 radical (unpaired) electrons. The van der Waals surface area contributed by atoms with E-state index in [1.807, 2.05) is 0 Å². The molecule has 0 aliphatic heterocycles. The number of hydrogen-bond donors (Lipinski definition) is 1. The molecule has 0 unspecified atom stereocenters. The second kappa shape index (κ2) is 4.22. The highest BCUT2D eigenvalue weighted by Crippen LogP contribution is 1.99. The molecule has 1 N–H and O–H groups in total. The zero-order valence-corrected chi connectivity index (χ0v) is 7.35. The van der Waals surface area contributed by atoms with Crippen molar-refractivity contribution in [1.29, 1.82) is 0 Å². The van der Waals surface area contributed by atoms with Crippen LogP contribution in [0.15, 0.2) is 12.4 Å². The van der Waals surface area contributed by atoms with E-state index < -0.39 is 5.78 Å². The average molecular weight is 193 g/mol. The molecular formula is C8H7N3O3. The molecule has 6 heteroatoms. The summed E-state index contributed by atoms with van der Waals surface area (Å²) in [7, 11) is 0. The fraction of sp³-hybridized carbons (Fsp3) is 0.125. The van der Waals surface area contributed by atoms with Crippen molar-refractivity contribution in [3.8, 4) is 0 Å². The summed E-state index contributed by atoms with van der Waals surface area (Å²) in [6.45, 7) is 1.31. The van der Waals surface area contributed by atoms with Crippen LogP contribution in [0.4, 0.5) is 5.95 Å². The van der Waals surface area contributed by atoms with E-state index in [4.69, 9.17) is 0 Å². The first-order valence-corrected chi connectivity index (χ1v) is 3.72. The minimum atomic E-state index is -0.695. The zero-order valence-electron chi connectivity index (χ0n) is 7.35. The van der Waals surface area contributed by atoms with Gasteiger partial charge in [-0.3, -0.25) is 19.7 Å². The molecule has 0 aromatic carbocycles. The molecule has 0 spiro atoms. The van der Waals surface area contributed by atoms with Gasteiger partial charge in [-0.1, -0.05) is 0 Å². The Morgan fingerprint density at radius 3 is 2.36 bits per heavy atom. The molecule has 0 fully saturated rings. The van der Waals surface area contributed by atoms with Gasteiger partial charge in [-0.2, -0.15) is 0 Å². The van der Waals surface area contributed by atoms with Crippen molar-refractivity contribution in [3.05, 3.63) is 18.0 Å². The molecule has 1 rings (SSSR count). The lowest BCUT2D eigenvalue weighted by Crippen LogP contribution is -2.10. The molecule has 1 amide bonds. The molecule has 14 heavy (non-hydrogen) atoms. The number of Topliss-reactive ketones (excluding diaryl/α,β-unsaturated/α-hetero) is 1. The quantitative estimate of drug-likeness (QED) is 0.408. The van der Waals surface area contributed by atoms with Gasteiger partial charge < -0.3 is 0 Å². The van der Waals surface area contributed by atoms with E-state index in [1.165, 1.54) is 19.3 Å². The summed E-state index contributed by atoms with van der Waals surface area (Å²) in [5, 5.41) is 2.33. The van der Waals surface area contributed by atoms with Gasteiger partial charge >= 0.3 is 0 Å². The van der Waals surface area contributed by atoms with Crippen LogP contribution in [0.1, 0.15) is 17.3 Å².